The minimum Gasteiger partial charge on any atom is -0.439 e. The van der Waals surface area contributed by atoms with E-state index in [1.165, 1.54) is 0 Å². The molecule has 2 aromatic rings. The van der Waals surface area contributed by atoms with Gasteiger partial charge in [0.05, 0.1) is 12.7 Å². The molecule has 1 aliphatic rings. The lowest BCUT2D eigenvalue weighted by Gasteiger charge is -2.11. The molecule has 19 heavy (non-hydrogen) atoms. The Kier molecular flexibility index (Phi) is 3.55. The summed E-state index contributed by atoms with van der Waals surface area (Å²) in [4.78, 5) is 6.58. The number of oxazole rings is 1. The van der Waals surface area contributed by atoms with Gasteiger partial charge in [-0.25, -0.2) is 4.98 Å². The Morgan fingerprint density at radius 2 is 2.37 bits per heavy atom. The van der Waals surface area contributed by atoms with Crippen LogP contribution < -0.4 is 5.73 Å². The lowest BCUT2D eigenvalue weighted by molar-refractivity contribution is 0.289. The second-order valence-corrected chi connectivity index (χ2v) is 5.35. The largest absolute Gasteiger partial charge is 0.439 e. The van der Waals surface area contributed by atoms with Crippen LogP contribution in [0.3, 0.4) is 0 Å². The molecule has 0 aliphatic carbocycles. The van der Waals surface area contributed by atoms with Crippen LogP contribution in [0.2, 0.25) is 5.02 Å². The smallest absolute Gasteiger partial charge is 0.209 e. The predicted octanol–water partition coefficient (Wildman–Crippen LogP) is 2.53. The van der Waals surface area contributed by atoms with Crippen molar-refractivity contribution in [3.05, 3.63) is 41.4 Å². The highest BCUT2D eigenvalue weighted by Gasteiger charge is 2.20. The van der Waals surface area contributed by atoms with Crippen molar-refractivity contribution in [1.82, 2.24) is 9.88 Å². The molecule has 0 radical (unpaired) electrons. The second-order valence-electron chi connectivity index (χ2n) is 4.91. The first-order valence-corrected chi connectivity index (χ1v) is 6.77. The molecule has 1 aromatic carbocycles. The van der Waals surface area contributed by atoms with Crippen molar-refractivity contribution in [2.75, 3.05) is 13.1 Å². The number of hydrogen-bond acceptors (Lipinski definition) is 4. The minimum atomic E-state index is 0.280. The number of nitrogens with zero attached hydrogens (tertiary/aromatic N) is 2. The van der Waals surface area contributed by atoms with E-state index >= 15 is 0 Å². The summed E-state index contributed by atoms with van der Waals surface area (Å²) in [6.07, 6.45) is 2.79. The lowest BCUT2D eigenvalue weighted by atomic mass is 10.2. The molecule has 1 fully saturated rings. The monoisotopic (exact) mass is 277 g/mol. The van der Waals surface area contributed by atoms with Crippen LogP contribution in [0.4, 0.5) is 0 Å². The Balaban J connectivity index is 1.73. The quantitative estimate of drug-likeness (QED) is 0.937. The molecule has 0 amide bonds. The van der Waals surface area contributed by atoms with Gasteiger partial charge in [0.1, 0.15) is 0 Å². The zero-order valence-electron chi connectivity index (χ0n) is 10.6. The van der Waals surface area contributed by atoms with E-state index in [0.717, 1.165) is 36.7 Å². The van der Waals surface area contributed by atoms with Gasteiger partial charge in [-0.15, -0.1) is 0 Å². The SMILES string of the molecule is N[C@@H]1CCN(Cc2ncc(-c3cccc(Cl)c3)o2)C1. The molecule has 1 atom stereocenters. The third-order valence-electron chi connectivity index (χ3n) is 3.33. The summed E-state index contributed by atoms with van der Waals surface area (Å²) in [6, 6.07) is 7.86. The van der Waals surface area contributed by atoms with Gasteiger partial charge in [-0.05, 0) is 18.6 Å². The van der Waals surface area contributed by atoms with E-state index in [1.54, 1.807) is 6.20 Å². The molecule has 1 saturated heterocycles. The fraction of sp³-hybridized carbons (Fsp3) is 0.357. The maximum Gasteiger partial charge on any atom is 0.209 e. The normalized spacial score (nSPS) is 20.0. The summed E-state index contributed by atoms with van der Waals surface area (Å²) in [5.41, 5.74) is 6.83. The van der Waals surface area contributed by atoms with E-state index in [-0.39, 0.29) is 6.04 Å². The highest BCUT2D eigenvalue weighted by Crippen LogP contribution is 2.24. The molecule has 1 aliphatic heterocycles. The number of benzene rings is 1. The maximum absolute atomic E-state index is 5.97. The average molecular weight is 278 g/mol. The van der Waals surface area contributed by atoms with Crippen molar-refractivity contribution in [1.29, 1.82) is 0 Å². The van der Waals surface area contributed by atoms with Crippen LogP contribution in [0.15, 0.2) is 34.9 Å². The van der Waals surface area contributed by atoms with Crippen LogP contribution in [0.1, 0.15) is 12.3 Å². The number of hydrogen-bond donors (Lipinski definition) is 1. The molecule has 2 heterocycles. The van der Waals surface area contributed by atoms with Gasteiger partial charge in [0.15, 0.2) is 5.76 Å². The Morgan fingerprint density at radius 1 is 1.47 bits per heavy atom. The van der Waals surface area contributed by atoms with Crippen LogP contribution in [0, 0.1) is 0 Å². The molecule has 0 bridgehead atoms. The van der Waals surface area contributed by atoms with Crippen molar-refractivity contribution in [2.24, 2.45) is 5.73 Å². The van der Waals surface area contributed by atoms with E-state index < -0.39 is 0 Å². The van der Waals surface area contributed by atoms with Crippen LogP contribution in [0.5, 0.6) is 0 Å². The molecular formula is C14H16ClN3O. The fourth-order valence-electron chi connectivity index (χ4n) is 2.36. The summed E-state index contributed by atoms with van der Waals surface area (Å²) < 4.78 is 5.77. The molecule has 0 spiro atoms. The van der Waals surface area contributed by atoms with Crippen molar-refractivity contribution < 1.29 is 4.42 Å². The Labute approximate surface area is 117 Å². The van der Waals surface area contributed by atoms with Gasteiger partial charge in [0, 0.05) is 29.7 Å². The van der Waals surface area contributed by atoms with Gasteiger partial charge in [-0.3, -0.25) is 4.90 Å². The fourth-order valence-corrected chi connectivity index (χ4v) is 2.55. The number of aromatic nitrogens is 1. The summed E-state index contributed by atoms with van der Waals surface area (Å²) in [6.45, 7) is 2.64. The highest BCUT2D eigenvalue weighted by atomic mass is 35.5. The first kappa shape index (κ1) is 12.7. The minimum absolute atomic E-state index is 0.280. The van der Waals surface area contributed by atoms with Crippen LogP contribution >= 0.6 is 11.6 Å². The first-order chi connectivity index (χ1) is 9.20. The molecule has 100 valence electrons. The third kappa shape index (κ3) is 2.97. The van der Waals surface area contributed by atoms with Gasteiger partial charge in [0.2, 0.25) is 5.89 Å². The topological polar surface area (TPSA) is 55.3 Å². The standard InChI is InChI=1S/C14H16ClN3O/c15-11-3-1-2-10(6-11)13-7-17-14(19-13)9-18-5-4-12(16)8-18/h1-3,6-7,12H,4-5,8-9,16H2/t12-/m1/s1. The summed E-state index contributed by atoms with van der Waals surface area (Å²) in [5, 5.41) is 0.695. The van der Waals surface area contributed by atoms with Crippen LogP contribution in [-0.4, -0.2) is 29.0 Å². The molecule has 0 unspecified atom stereocenters. The molecule has 0 saturated carbocycles. The molecule has 5 heteroatoms. The zero-order chi connectivity index (χ0) is 13.2. The maximum atomic E-state index is 5.97. The van der Waals surface area contributed by atoms with Crippen LogP contribution in [-0.2, 0) is 6.54 Å². The number of rotatable bonds is 3. The molecule has 2 N–H and O–H groups in total. The van der Waals surface area contributed by atoms with E-state index in [0.29, 0.717) is 11.6 Å². The van der Waals surface area contributed by atoms with E-state index in [2.05, 4.69) is 9.88 Å². The number of halogens is 1. The molecular weight excluding hydrogens is 262 g/mol. The van der Waals surface area contributed by atoms with Crippen LogP contribution in [0.25, 0.3) is 11.3 Å². The van der Waals surface area contributed by atoms with Crippen molar-refractivity contribution in [3.8, 4) is 11.3 Å². The Morgan fingerprint density at radius 3 is 3.11 bits per heavy atom. The summed E-state index contributed by atoms with van der Waals surface area (Å²) in [7, 11) is 0. The van der Waals surface area contributed by atoms with Gasteiger partial charge >= 0.3 is 0 Å². The highest BCUT2D eigenvalue weighted by molar-refractivity contribution is 6.30. The summed E-state index contributed by atoms with van der Waals surface area (Å²) >= 11 is 5.97. The van der Waals surface area contributed by atoms with E-state index in [1.807, 2.05) is 24.3 Å². The molecule has 3 rings (SSSR count). The second kappa shape index (κ2) is 5.33. The molecule has 1 aromatic heterocycles. The van der Waals surface area contributed by atoms with Crippen molar-refractivity contribution >= 4 is 11.6 Å². The Bertz CT molecular complexity index is 569. The van der Waals surface area contributed by atoms with E-state index in [9.17, 15) is 0 Å². The molecule has 4 nitrogen and oxygen atoms in total. The van der Waals surface area contributed by atoms with Gasteiger partial charge in [0.25, 0.3) is 0 Å². The lowest BCUT2D eigenvalue weighted by Crippen LogP contribution is -2.26. The Hall–Kier alpha value is -1.36. The number of likely N-dealkylation sites (tertiary alicyclic amines) is 1. The average Bonchev–Trinajstić information content (AvgIpc) is 2.99. The van der Waals surface area contributed by atoms with Gasteiger partial charge < -0.3 is 10.2 Å². The number of nitrogens with two attached hydrogens (primary N) is 1. The third-order valence-corrected chi connectivity index (χ3v) is 3.57. The van der Waals surface area contributed by atoms with Gasteiger partial charge in [-0.1, -0.05) is 23.7 Å². The van der Waals surface area contributed by atoms with E-state index in [4.69, 9.17) is 21.8 Å². The van der Waals surface area contributed by atoms with Gasteiger partial charge in [-0.2, -0.15) is 0 Å². The summed E-state index contributed by atoms with van der Waals surface area (Å²) in [5.74, 6) is 1.48. The van der Waals surface area contributed by atoms with Crippen molar-refractivity contribution in [2.45, 2.75) is 19.0 Å². The zero-order valence-corrected chi connectivity index (χ0v) is 11.3. The predicted molar refractivity (Wildman–Crippen MR) is 74.8 cm³/mol. The first-order valence-electron chi connectivity index (χ1n) is 6.39. The van der Waals surface area contributed by atoms with Crippen molar-refractivity contribution in [3.63, 3.8) is 0 Å².